The molecule has 0 radical (unpaired) electrons. The van der Waals surface area contributed by atoms with E-state index in [1.54, 1.807) is 48.5 Å². The fraction of sp³-hybridized carbons (Fsp3) is 0.211. The van der Waals surface area contributed by atoms with E-state index in [0.717, 1.165) is 0 Å². The van der Waals surface area contributed by atoms with Crippen LogP contribution in [0.15, 0.2) is 47.4 Å². The predicted octanol–water partition coefficient (Wildman–Crippen LogP) is 3.19. The van der Waals surface area contributed by atoms with Crippen molar-refractivity contribution < 1.29 is 22.6 Å². The van der Waals surface area contributed by atoms with E-state index in [4.69, 9.17) is 14.2 Å². The Balaban J connectivity index is 2.36. The monoisotopic (exact) mass is 373 g/mol. The van der Waals surface area contributed by atoms with Crippen molar-refractivity contribution >= 4 is 15.9 Å². The molecule has 2 rings (SSSR count). The van der Waals surface area contributed by atoms with Crippen LogP contribution in [0.3, 0.4) is 0 Å². The minimum atomic E-state index is -3.80. The van der Waals surface area contributed by atoms with Crippen molar-refractivity contribution in [1.82, 2.24) is 0 Å². The van der Waals surface area contributed by atoms with Crippen molar-refractivity contribution in [2.24, 2.45) is 0 Å². The van der Waals surface area contributed by atoms with E-state index in [0.29, 0.717) is 28.4 Å². The first-order valence-electron chi connectivity index (χ1n) is 7.62. The number of benzene rings is 2. The molecule has 0 heterocycles. The third-order valence-electron chi connectivity index (χ3n) is 3.63. The molecule has 0 amide bonds. The molecule has 2 aromatic rings. The second-order valence-electron chi connectivity index (χ2n) is 5.37. The Bertz CT molecular complexity index is 919. The predicted molar refractivity (Wildman–Crippen MR) is 98.8 cm³/mol. The van der Waals surface area contributed by atoms with Crippen molar-refractivity contribution in [2.75, 3.05) is 21.3 Å². The summed E-state index contributed by atoms with van der Waals surface area (Å²) in [6, 6.07) is 13.3. The van der Waals surface area contributed by atoms with Crippen molar-refractivity contribution in [3.8, 4) is 23.3 Å². The van der Waals surface area contributed by atoms with E-state index >= 15 is 0 Å². The van der Waals surface area contributed by atoms with Gasteiger partial charge in [0.25, 0.3) is 0 Å². The van der Waals surface area contributed by atoms with Crippen LogP contribution in [0.2, 0.25) is 0 Å². The minimum absolute atomic E-state index is 0.280. The average Bonchev–Trinajstić information content (AvgIpc) is 2.65. The standard InChI is InChI=1S/C19H19NO5S/c1-23-16-6-4-14(5-7-16)13-26(21,22)19(12-20)10-15-8-17(24-2)11-18(9-15)25-3/h4-11H,13H2,1-3H3. The highest BCUT2D eigenvalue weighted by atomic mass is 32.2. The van der Waals surface area contributed by atoms with Gasteiger partial charge in [0.15, 0.2) is 9.84 Å². The zero-order valence-electron chi connectivity index (χ0n) is 14.7. The van der Waals surface area contributed by atoms with E-state index in [1.165, 1.54) is 27.4 Å². The summed E-state index contributed by atoms with van der Waals surface area (Å²) in [6.45, 7) is 0. The van der Waals surface area contributed by atoms with Crippen LogP contribution in [0.4, 0.5) is 0 Å². The summed E-state index contributed by atoms with van der Waals surface area (Å²) in [5.74, 6) is 1.35. The van der Waals surface area contributed by atoms with Gasteiger partial charge < -0.3 is 14.2 Å². The van der Waals surface area contributed by atoms with E-state index in [-0.39, 0.29) is 10.7 Å². The quantitative estimate of drug-likeness (QED) is 0.693. The fourth-order valence-electron chi connectivity index (χ4n) is 2.27. The molecule has 26 heavy (non-hydrogen) atoms. The maximum absolute atomic E-state index is 12.6. The highest BCUT2D eigenvalue weighted by Crippen LogP contribution is 2.26. The number of methoxy groups -OCH3 is 3. The molecule has 7 heteroatoms. The van der Waals surface area contributed by atoms with E-state index < -0.39 is 9.84 Å². The summed E-state index contributed by atoms with van der Waals surface area (Å²) in [5.41, 5.74) is 1.06. The summed E-state index contributed by atoms with van der Waals surface area (Å²) in [7, 11) is 0.715. The molecule has 0 aromatic heterocycles. The van der Waals surface area contributed by atoms with Gasteiger partial charge in [-0.2, -0.15) is 5.26 Å². The van der Waals surface area contributed by atoms with E-state index in [2.05, 4.69) is 0 Å². The van der Waals surface area contributed by atoms with Gasteiger partial charge in [0, 0.05) is 6.07 Å². The van der Waals surface area contributed by atoms with Gasteiger partial charge >= 0.3 is 0 Å². The molecule has 0 aliphatic carbocycles. The van der Waals surface area contributed by atoms with Crippen LogP contribution in [0, 0.1) is 11.3 Å². The van der Waals surface area contributed by atoms with Crippen molar-refractivity contribution in [2.45, 2.75) is 5.75 Å². The lowest BCUT2D eigenvalue weighted by molar-refractivity contribution is 0.394. The third kappa shape index (κ3) is 4.77. The third-order valence-corrected chi connectivity index (χ3v) is 5.23. The molecule has 2 aromatic carbocycles. The van der Waals surface area contributed by atoms with Crippen LogP contribution in [-0.2, 0) is 15.6 Å². The average molecular weight is 373 g/mol. The molecule has 0 atom stereocenters. The maximum Gasteiger partial charge on any atom is 0.192 e. The summed E-state index contributed by atoms with van der Waals surface area (Å²) >= 11 is 0. The van der Waals surface area contributed by atoms with Gasteiger partial charge in [-0.1, -0.05) is 12.1 Å². The molecular formula is C19H19NO5S. The first-order chi connectivity index (χ1) is 12.4. The molecule has 0 bridgehead atoms. The van der Waals surface area contributed by atoms with Crippen LogP contribution in [0.1, 0.15) is 11.1 Å². The molecular weight excluding hydrogens is 354 g/mol. The number of hydrogen-bond donors (Lipinski definition) is 0. The number of allylic oxidation sites excluding steroid dienone is 1. The van der Waals surface area contributed by atoms with Crippen molar-refractivity contribution in [3.05, 3.63) is 58.5 Å². The number of rotatable bonds is 7. The molecule has 0 saturated carbocycles. The maximum atomic E-state index is 12.6. The SMILES string of the molecule is COc1ccc(CS(=O)(=O)C(C#N)=Cc2cc(OC)cc(OC)c2)cc1. The van der Waals surface area contributed by atoms with Gasteiger partial charge in [0.05, 0.1) is 27.1 Å². The molecule has 136 valence electrons. The second-order valence-corrected chi connectivity index (χ2v) is 7.33. The van der Waals surface area contributed by atoms with Crippen molar-refractivity contribution in [3.63, 3.8) is 0 Å². The largest absolute Gasteiger partial charge is 0.497 e. The van der Waals surface area contributed by atoms with E-state index in [9.17, 15) is 13.7 Å². The van der Waals surface area contributed by atoms with Gasteiger partial charge in [0.1, 0.15) is 28.2 Å². The summed E-state index contributed by atoms with van der Waals surface area (Å²) in [4.78, 5) is -0.330. The summed E-state index contributed by atoms with van der Waals surface area (Å²) in [5, 5.41) is 9.36. The number of hydrogen-bond acceptors (Lipinski definition) is 6. The van der Waals surface area contributed by atoms with Crippen LogP contribution >= 0.6 is 0 Å². The Morgan fingerprint density at radius 1 is 0.962 bits per heavy atom. The minimum Gasteiger partial charge on any atom is -0.497 e. The highest BCUT2D eigenvalue weighted by Gasteiger charge is 2.19. The van der Waals surface area contributed by atoms with E-state index in [1.807, 2.05) is 0 Å². The fourth-order valence-corrected chi connectivity index (χ4v) is 3.52. The van der Waals surface area contributed by atoms with Crippen LogP contribution in [0.5, 0.6) is 17.2 Å². The molecule has 0 saturated heterocycles. The smallest absolute Gasteiger partial charge is 0.192 e. The van der Waals surface area contributed by atoms with Crippen molar-refractivity contribution in [1.29, 1.82) is 5.26 Å². The molecule has 6 nitrogen and oxygen atoms in total. The summed E-state index contributed by atoms with van der Waals surface area (Å²) < 4.78 is 40.6. The van der Waals surface area contributed by atoms with Gasteiger partial charge in [-0.15, -0.1) is 0 Å². The van der Waals surface area contributed by atoms with Crippen LogP contribution in [0.25, 0.3) is 6.08 Å². The molecule has 0 aliphatic rings. The lowest BCUT2D eigenvalue weighted by Gasteiger charge is -2.07. The number of sulfone groups is 1. The first-order valence-corrected chi connectivity index (χ1v) is 9.27. The Hall–Kier alpha value is -2.98. The number of ether oxygens (including phenoxy) is 3. The molecule has 0 unspecified atom stereocenters. The Morgan fingerprint density at radius 3 is 1.96 bits per heavy atom. The topological polar surface area (TPSA) is 85.6 Å². The second kappa shape index (κ2) is 8.41. The van der Waals surface area contributed by atoms with Gasteiger partial charge in [-0.3, -0.25) is 0 Å². The molecule has 0 fully saturated rings. The van der Waals surface area contributed by atoms with Gasteiger partial charge in [-0.05, 0) is 41.5 Å². The lowest BCUT2D eigenvalue weighted by Crippen LogP contribution is -2.06. The summed E-state index contributed by atoms with van der Waals surface area (Å²) in [6.07, 6.45) is 1.31. The van der Waals surface area contributed by atoms with Gasteiger partial charge in [-0.25, -0.2) is 8.42 Å². The first kappa shape index (κ1) is 19.3. The normalized spacial score (nSPS) is 11.5. The zero-order valence-corrected chi connectivity index (χ0v) is 15.5. The van der Waals surface area contributed by atoms with Crippen LogP contribution in [-0.4, -0.2) is 29.7 Å². The molecule has 0 N–H and O–H groups in total. The Morgan fingerprint density at radius 2 is 1.50 bits per heavy atom. The molecule has 0 aliphatic heterocycles. The molecule has 0 spiro atoms. The Labute approximate surface area is 153 Å². The number of nitriles is 1. The van der Waals surface area contributed by atoms with Gasteiger partial charge in [0.2, 0.25) is 0 Å². The Kier molecular flexibility index (Phi) is 6.26. The highest BCUT2D eigenvalue weighted by molar-refractivity contribution is 7.95. The van der Waals surface area contributed by atoms with Crippen LogP contribution < -0.4 is 14.2 Å². The lowest BCUT2D eigenvalue weighted by atomic mass is 10.2. The number of nitrogens with zero attached hydrogens (tertiary/aromatic N) is 1. The zero-order chi connectivity index (χ0) is 19.2.